The quantitative estimate of drug-likeness (QED) is 0.422. The summed E-state index contributed by atoms with van der Waals surface area (Å²) in [4.78, 5) is 38.0. The van der Waals surface area contributed by atoms with Gasteiger partial charge in [-0.05, 0) is 50.4 Å². The van der Waals surface area contributed by atoms with Gasteiger partial charge in [-0.1, -0.05) is 11.6 Å². The molecule has 0 aromatic heterocycles. The highest BCUT2D eigenvalue weighted by Gasteiger charge is 2.47. The highest BCUT2D eigenvalue weighted by atomic mass is 35.5. The molecule has 2 saturated heterocycles. The van der Waals surface area contributed by atoms with Crippen LogP contribution in [0.15, 0.2) is 18.2 Å². The Morgan fingerprint density at radius 3 is 2.63 bits per heavy atom. The van der Waals surface area contributed by atoms with E-state index in [0.717, 1.165) is 32.5 Å². The van der Waals surface area contributed by atoms with Crippen molar-refractivity contribution in [2.24, 2.45) is 0 Å². The molecule has 2 aliphatic heterocycles. The van der Waals surface area contributed by atoms with Crippen LogP contribution in [0.5, 0.6) is 5.75 Å². The molecule has 146 valence electrons. The first kappa shape index (κ1) is 19.6. The Hall–Kier alpha value is -2.12. The third-order valence-corrected chi connectivity index (χ3v) is 5.55. The fourth-order valence-electron chi connectivity index (χ4n) is 3.69. The highest BCUT2D eigenvalue weighted by molar-refractivity contribution is 6.30. The number of Topliss-reactive ketones (excluding diaryl/α,β-unsaturated/α-hetero) is 1. The lowest BCUT2D eigenvalue weighted by Crippen LogP contribution is -2.54. The van der Waals surface area contributed by atoms with Gasteiger partial charge in [-0.3, -0.25) is 14.9 Å². The van der Waals surface area contributed by atoms with E-state index >= 15 is 0 Å². The monoisotopic (exact) mass is 393 g/mol. The molecule has 2 heterocycles. The highest BCUT2D eigenvalue weighted by Crippen LogP contribution is 2.26. The number of imide groups is 1. The Labute approximate surface area is 163 Å². The Morgan fingerprint density at radius 1 is 1.26 bits per heavy atom. The predicted molar refractivity (Wildman–Crippen MR) is 101 cm³/mol. The number of carbonyl (C=O) groups is 3. The predicted octanol–water partition coefficient (Wildman–Crippen LogP) is 2.38. The maximum atomic E-state index is 12.4. The van der Waals surface area contributed by atoms with Gasteiger partial charge in [0.15, 0.2) is 5.78 Å². The zero-order valence-corrected chi connectivity index (χ0v) is 16.1. The first-order valence-electron chi connectivity index (χ1n) is 9.16. The maximum absolute atomic E-state index is 12.4. The van der Waals surface area contributed by atoms with Crippen molar-refractivity contribution >= 4 is 29.3 Å². The van der Waals surface area contributed by atoms with E-state index in [2.05, 4.69) is 15.5 Å². The number of hydrogen-bond acceptors (Lipinski definition) is 5. The Balaban J connectivity index is 1.41. The number of urea groups is 1. The van der Waals surface area contributed by atoms with Crippen molar-refractivity contribution in [2.75, 3.05) is 26.7 Å². The molecule has 1 spiro atoms. The number of nitrogens with one attached hydrogen (secondary N) is 2. The normalized spacial score (nSPS) is 19.0. The van der Waals surface area contributed by atoms with Gasteiger partial charge in [0.2, 0.25) is 0 Å². The van der Waals surface area contributed by atoms with Crippen LogP contribution in [0.1, 0.15) is 42.5 Å². The number of piperidine rings is 1. The van der Waals surface area contributed by atoms with Crippen LogP contribution in [-0.2, 0) is 4.79 Å². The number of methoxy groups -OCH3 is 1. The van der Waals surface area contributed by atoms with E-state index in [9.17, 15) is 14.4 Å². The van der Waals surface area contributed by atoms with Crippen LogP contribution in [0.2, 0.25) is 5.02 Å². The molecule has 27 heavy (non-hydrogen) atoms. The molecule has 2 N–H and O–H groups in total. The van der Waals surface area contributed by atoms with Crippen molar-refractivity contribution in [3.05, 3.63) is 28.8 Å². The fraction of sp³-hybridized carbons (Fsp3) is 0.526. The second-order valence-electron chi connectivity index (χ2n) is 7.06. The molecule has 0 atom stereocenters. The smallest absolute Gasteiger partial charge is 0.322 e. The summed E-state index contributed by atoms with van der Waals surface area (Å²) in [5.74, 6) is 0.340. The van der Waals surface area contributed by atoms with Crippen LogP contribution in [-0.4, -0.2) is 54.9 Å². The zero-order valence-electron chi connectivity index (χ0n) is 15.3. The van der Waals surface area contributed by atoms with Gasteiger partial charge < -0.3 is 15.0 Å². The van der Waals surface area contributed by atoms with Gasteiger partial charge in [0, 0.05) is 24.5 Å². The number of benzene rings is 1. The van der Waals surface area contributed by atoms with Crippen LogP contribution >= 0.6 is 11.6 Å². The van der Waals surface area contributed by atoms with Crippen molar-refractivity contribution in [3.8, 4) is 5.75 Å². The number of hydrogen-bond donors (Lipinski definition) is 2. The molecule has 3 rings (SSSR count). The number of rotatable bonds is 7. The average Bonchev–Trinajstić information content (AvgIpc) is 2.93. The molecule has 0 bridgehead atoms. The number of nitrogens with zero attached hydrogens (tertiary/aromatic N) is 1. The first-order valence-corrected chi connectivity index (χ1v) is 9.54. The lowest BCUT2D eigenvalue weighted by atomic mass is 9.87. The summed E-state index contributed by atoms with van der Waals surface area (Å²) in [6, 6.07) is 4.65. The fourth-order valence-corrected chi connectivity index (χ4v) is 3.85. The van der Waals surface area contributed by atoms with Gasteiger partial charge in [-0.15, -0.1) is 0 Å². The molecule has 0 saturated carbocycles. The standard InChI is InChI=1S/C19H24ClN3O4/c1-27-16-12-13(20)5-6-14(16)15(24)4-2-3-9-23-10-7-19(8-11-23)17(25)21-18(26)22-19/h5-6,12H,2-4,7-11H2,1H3,(H2,21,22,25,26). The number of likely N-dealkylation sites (tertiary alicyclic amines) is 1. The van der Waals surface area contributed by atoms with Crippen molar-refractivity contribution in [1.29, 1.82) is 0 Å². The van der Waals surface area contributed by atoms with E-state index in [1.165, 1.54) is 7.11 Å². The molecule has 0 aliphatic carbocycles. The summed E-state index contributed by atoms with van der Waals surface area (Å²) in [7, 11) is 1.53. The van der Waals surface area contributed by atoms with Crippen LogP contribution in [0.25, 0.3) is 0 Å². The van der Waals surface area contributed by atoms with Gasteiger partial charge in [0.1, 0.15) is 11.3 Å². The molecule has 0 radical (unpaired) electrons. The van der Waals surface area contributed by atoms with Crippen LogP contribution in [0.4, 0.5) is 4.79 Å². The van der Waals surface area contributed by atoms with E-state index in [4.69, 9.17) is 16.3 Å². The molecule has 1 aromatic rings. The number of unbranched alkanes of at least 4 members (excludes halogenated alkanes) is 1. The maximum Gasteiger partial charge on any atom is 0.322 e. The lowest BCUT2D eigenvalue weighted by Gasteiger charge is -2.36. The minimum Gasteiger partial charge on any atom is -0.496 e. The summed E-state index contributed by atoms with van der Waals surface area (Å²) >= 11 is 5.93. The van der Waals surface area contributed by atoms with E-state index < -0.39 is 11.6 Å². The van der Waals surface area contributed by atoms with Gasteiger partial charge in [-0.25, -0.2) is 4.79 Å². The van der Waals surface area contributed by atoms with Gasteiger partial charge in [0.05, 0.1) is 12.7 Å². The molecule has 1 aromatic carbocycles. The topological polar surface area (TPSA) is 87.7 Å². The molecule has 7 nitrogen and oxygen atoms in total. The number of amides is 3. The summed E-state index contributed by atoms with van der Waals surface area (Å²) in [6.07, 6.45) is 3.36. The summed E-state index contributed by atoms with van der Waals surface area (Å²) in [5.41, 5.74) is -0.167. The van der Waals surface area contributed by atoms with Crippen LogP contribution in [0.3, 0.4) is 0 Å². The number of halogens is 1. The summed E-state index contributed by atoms with van der Waals surface area (Å²) in [5, 5.41) is 5.62. The first-order chi connectivity index (χ1) is 12.9. The zero-order chi connectivity index (χ0) is 19.4. The molecular formula is C19H24ClN3O4. The van der Waals surface area contributed by atoms with Crippen LogP contribution in [0, 0.1) is 0 Å². The summed E-state index contributed by atoms with van der Waals surface area (Å²) in [6.45, 7) is 2.38. The van der Waals surface area contributed by atoms with Gasteiger partial charge >= 0.3 is 6.03 Å². The van der Waals surface area contributed by atoms with E-state index in [0.29, 0.717) is 35.6 Å². The Kier molecular flexibility index (Phi) is 6.01. The third kappa shape index (κ3) is 4.42. The average molecular weight is 394 g/mol. The van der Waals surface area contributed by atoms with E-state index in [-0.39, 0.29) is 11.7 Å². The molecule has 0 unspecified atom stereocenters. The molecule has 3 amide bonds. The van der Waals surface area contributed by atoms with Gasteiger partial charge in [0.25, 0.3) is 5.91 Å². The SMILES string of the molecule is COc1cc(Cl)ccc1C(=O)CCCCN1CCC2(CC1)NC(=O)NC2=O. The second-order valence-corrected chi connectivity index (χ2v) is 7.49. The van der Waals surface area contributed by atoms with Crippen molar-refractivity contribution in [2.45, 2.75) is 37.6 Å². The number of ketones is 1. The van der Waals surface area contributed by atoms with Crippen molar-refractivity contribution < 1.29 is 19.1 Å². The molecule has 8 heteroatoms. The number of ether oxygens (including phenoxy) is 1. The minimum absolute atomic E-state index is 0.0476. The van der Waals surface area contributed by atoms with E-state index in [1.54, 1.807) is 18.2 Å². The largest absolute Gasteiger partial charge is 0.496 e. The lowest BCUT2D eigenvalue weighted by molar-refractivity contribution is -0.125. The molecule has 2 fully saturated rings. The number of carbonyl (C=O) groups excluding carboxylic acids is 3. The van der Waals surface area contributed by atoms with Crippen molar-refractivity contribution in [1.82, 2.24) is 15.5 Å². The van der Waals surface area contributed by atoms with Crippen LogP contribution < -0.4 is 15.4 Å². The van der Waals surface area contributed by atoms with Gasteiger partial charge in [-0.2, -0.15) is 0 Å². The van der Waals surface area contributed by atoms with Crippen molar-refractivity contribution in [3.63, 3.8) is 0 Å². The molecule has 2 aliphatic rings. The second kappa shape index (κ2) is 8.27. The van der Waals surface area contributed by atoms with E-state index in [1.807, 2.05) is 0 Å². The Morgan fingerprint density at radius 2 is 2.00 bits per heavy atom. The third-order valence-electron chi connectivity index (χ3n) is 5.32. The summed E-state index contributed by atoms with van der Waals surface area (Å²) < 4.78 is 5.23. The minimum atomic E-state index is -0.727. The Bertz CT molecular complexity index is 744. The molecular weight excluding hydrogens is 370 g/mol.